The number of aliphatic carboxylic acids is 1. The second-order valence-corrected chi connectivity index (χ2v) is 3.68. The molecular formula is C12H12O4. The molecule has 0 radical (unpaired) electrons. The molecule has 0 bridgehead atoms. The SMILES string of the molecule is COc1cc(C)cc2c(CC(=O)O)coc12. The van der Waals surface area contributed by atoms with E-state index in [1.54, 1.807) is 7.11 Å². The molecule has 0 amide bonds. The number of ether oxygens (including phenoxy) is 1. The Morgan fingerprint density at radius 1 is 1.50 bits per heavy atom. The van der Waals surface area contributed by atoms with Crippen molar-refractivity contribution >= 4 is 16.9 Å². The van der Waals surface area contributed by atoms with Gasteiger partial charge in [-0.15, -0.1) is 0 Å². The van der Waals surface area contributed by atoms with Crippen molar-refractivity contribution in [3.8, 4) is 5.75 Å². The second kappa shape index (κ2) is 3.89. The van der Waals surface area contributed by atoms with Crippen molar-refractivity contribution in [2.75, 3.05) is 7.11 Å². The van der Waals surface area contributed by atoms with Crippen LogP contribution in [0, 0.1) is 6.92 Å². The van der Waals surface area contributed by atoms with Crippen molar-refractivity contribution in [2.24, 2.45) is 0 Å². The van der Waals surface area contributed by atoms with Gasteiger partial charge in [-0.1, -0.05) is 0 Å². The van der Waals surface area contributed by atoms with Crippen LogP contribution in [0.25, 0.3) is 11.0 Å². The van der Waals surface area contributed by atoms with Crippen molar-refractivity contribution in [1.29, 1.82) is 0 Å². The van der Waals surface area contributed by atoms with Gasteiger partial charge in [0, 0.05) is 10.9 Å². The summed E-state index contributed by atoms with van der Waals surface area (Å²) in [7, 11) is 1.56. The van der Waals surface area contributed by atoms with E-state index in [0.29, 0.717) is 16.9 Å². The first kappa shape index (κ1) is 10.5. The molecule has 0 aliphatic heterocycles. The highest BCUT2D eigenvalue weighted by molar-refractivity contribution is 5.89. The van der Waals surface area contributed by atoms with E-state index in [-0.39, 0.29) is 6.42 Å². The van der Waals surface area contributed by atoms with Gasteiger partial charge in [-0.25, -0.2) is 0 Å². The highest BCUT2D eigenvalue weighted by Gasteiger charge is 2.13. The van der Waals surface area contributed by atoms with Crippen molar-refractivity contribution in [1.82, 2.24) is 0 Å². The molecule has 84 valence electrons. The van der Waals surface area contributed by atoms with E-state index in [4.69, 9.17) is 14.3 Å². The van der Waals surface area contributed by atoms with Gasteiger partial charge in [0.15, 0.2) is 11.3 Å². The second-order valence-electron chi connectivity index (χ2n) is 3.68. The maximum atomic E-state index is 10.7. The van der Waals surface area contributed by atoms with Crippen LogP contribution in [0.4, 0.5) is 0 Å². The summed E-state index contributed by atoms with van der Waals surface area (Å²) in [5, 5.41) is 9.57. The van der Waals surface area contributed by atoms with E-state index in [2.05, 4.69) is 0 Å². The predicted molar refractivity (Wildman–Crippen MR) is 58.8 cm³/mol. The fourth-order valence-electron chi connectivity index (χ4n) is 1.75. The molecular weight excluding hydrogens is 208 g/mol. The lowest BCUT2D eigenvalue weighted by atomic mass is 10.1. The fourth-order valence-corrected chi connectivity index (χ4v) is 1.75. The summed E-state index contributed by atoms with van der Waals surface area (Å²) in [6.45, 7) is 1.93. The number of hydrogen-bond acceptors (Lipinski definition) is 3. The number of hydrogen-bond donors (Lipinski definition) is 1. The van der Waals surface area contributed by atoms with Gasteiger partial charge < -0.3 is 14.3 Å². The van der Waals surface area contributed by atoms with Crippen LogP contribution in [-0.4, -0.2) is 18.2 Å². The van der Waals surface area contributed by atoms with E-state index in [1.807, 2.05) is 19.1 Å². The Bertz CT molecular complexity index is 539. The summed E-state index contributed by atoms with van der Waals surface area (Å²) in [5.74, 6) is -0.241. The van der Waals surface area contributed by atoms with Gasteiger partial charge in [-0.2, -0.15) is 0 Å². The Morgan fingerprint density at radius 2 is 2.25 bits per heavy atom. The number of benzene rings is 1. The summed E-state index contributed by atoms with van der Waals surface area (Å²) >= 11 is 0. The van der Waals surface area contributed by atoms with Crippen molar-refractivity contribution < 1.29 is 19.1 Å². The Labute approximate surface area is 92.4 Å². The summed E-state index contributed by atoms with van der Waals surface area (Å²) in [5.41, 5.74) is 2.28. The van der Waals surface area contributed by atoms with Crippen LogP contribution in [0.5, 0.6) is 5.75 Å². The Kier molecular flexibility index (Phi) is 2.56. The topological polar surface area (TPSA) is 59.7 Å². The van der Waals surface area contributed by atoms with Gasteiger partial charge >= 0.3 is 5.97 Å². The van der Waals surface area contributed by atoms with Crippen molar-refractivity contribution in [3.63, 3.8) is 0 Å². The van der Waals surface area contributed by atoms with E-state index in [9.17, 15) is 4.79 Å². The molecule has 0 spiro atoms. The van der Waals surface area contributed by atoms with Gasteiger partial charge in [-0.3, -0.25) is 4.79 Å². The lowest BCUT2D eigenvalue weighted by Gasteiger charge is -2.02. The number of carboxylic acid groups (broad SMARTS) is 1. The molecule has 4 nitrogen and oxygen atoms in total. The van der Waals surface area contributed by atoms with Crippen LogP contribution >= 0.6 is 0 Å². The quantitative estimate of drug-likeness (QED) is 0.862. The zero-order valence-corrected chi connectivity index (χ0v) is 9.11. The molecule has 1 heterocycles. The third-order valence-corrected chi connectivity index (χ3v) is 2.43. The molecule has 0 saturated heterocycles. The maximum Gasteiger partial charge on any atom is 0.307 e. The van der Waals surface area contributed by atoms with Crippen LogP contribution in [0.1, 0.15) is 11.1 Å². The van der Waals surface area contributed by atoms with Crippen LogP contribution in [-0.2, 0) is 11.2 Å². The van der Waals surface area contributed by atoms with E-state index >= 15 is 0 Å². The number of aryl methyl sites for hydroxylation is 1. The van der Waals surface area contributed by atoms with Gasteiger partial charge in [-0.05, 0) is 24.6 Å². The number of rotatable bonds is 3. The van der Waals surface area contributed by atoms with Crippen LogP contribution in [0.2, 0.25) is 0 Å². The summed E-state index contributed by atoms with van der Waals surface area (Å²) < 4.78 is 10.5. The number of methoxy groups -OCH3 is 1. The third-order valence-electron chi connectivity index (χ3n) is 2.43. The molecule has 1 aromatic carbocycles. The van der Waals surface area contributed by atoms with Gasteiger partial charge in [0.25, 0.3) is 0 Å². The predicted octanol–water partition coefficient (Wildman–Crippen LogP) is 2.38. The fraction of sp³-hybridized carbons (Fsp3) is 0.250. The normalized spacial score (nSPS) is 10.6. The first-order chi connectivity index (χ1) is 7.61. The molecule has 1 aromatic heterocycles. The zero-order chi connectivity index (χ0) is 11.7. The molecule has 0 saturated carbocycles. The smallest absolute Gasteiger partial charge is 0.307 e. The van der Waals surface area contributed by atoms with Gasteiger partial charge in [0.2, 0.25) is 0 Å². The van der Waals surface area contributed by atoms with Gasteiger partial charge in [0.1, 0.15) is 0 Å². The monoisotopic (exact) mass is 220 g/mol. The average Bonchev–Trinajstić information content (AvgIpc) is 2.59. The van der Waals surface area contributed by atoms with Crippen molar-refractivity contribution in [2.45, 2.75) is 13.3 Å². The zero-order valence-electron chi connectivity index (χ0n) is 9.11. The molecule has 2 aromatic rings. The summed E-state index contributed by atoms with van der Waals surface area (Å²) in [6, 6.07) is 3.76. The minimum absolute atomic E-state index is 0.0421. The lowest BCUT2D eigenvalue weighted by Crippen LogP contribution is -1.98. The molecule has 0 aliphatic rings. The maximum absolute atomic E-state index is 10.7. The third kappa shape index (κ3) is 1.74. The molecule has 16 heavy (non-hydrogen) atoms. The average molecular weight is 220 g/mol. The number of furan rings is 1. The number of carboxylic acids is 1. The standard InChI is InChI=1S/C12H12O4/c1-7-3-9-8(5-11(13)14)6-16-12(9)10(4-7)15-2/h3-4,6H,5H2,1-2H3,(H,13,14). The Balaban J connectivity index is 2.62. The first-order valence-corrected chi connectivity index (χ1v) is 4.88. The Hall–Kier alpha value is -1.97. The summed E-state index contributed by atoms with van der Waals surface area (Å²) in [6.07, 6.45) is 1.43. The van der Waals surface area contributed by atoms with Crippen molar-refractivity contribution in [3.05, 3.63) is 29.5 Å². The molecule has 0 unspecified atom stereocenters. The molecule has 1 N–H and O–H groups in total. The van der Waals surface area contributed by atoms with E-state index in [0.717, 1.165) is 10.9 Å². The minimum atomic E-state index is -0.872. The summed E-state index contributed by atoms with van der Waals surface area (Å²) in [4.78, 5) is 10.7. The Morgan fingerprint density at radius 3 is 2.88 bits per heavy atom. The molecule has 0 aliphatic carbocycles. The largest absolute Gasteiger partial charge is 0.493 e. The van der Waals surface area contributed by atoms with E-state index < -0.39 is 5.97 Å². The van der Waals surface area contributed by atoms with Crippen LogP contribution in [0.15, 0.2) is 22.8 Å². The van der Waals surface area contributed by atoms with Crippen LogP contribution < -0.4 is 4.74 Å². The van der Waals surface area contributed by atoms with E-state index in [1.165, 1.54) is 6.26 Å². The van der Waals surface area contributed by atoms with Crippen LogP contribution in [0.3, 0.4) is 0 Å². The molecule has 2 rings (SSSR count). The lowest BCUT2D eigenvalue weighted by molar-refractivity contribution is -0.136. The van der Waals surface area contributed by atoms with Gasteiger partial charge in [0.05, 0.1) is 19.8 Å². The molecule has 0 fully saturated rings. The first-order valence-electron chi connectivity index (χ1n) is 4.88. The molecule has 4 heteroatoms. The highest BCUT2D eigenvalue weighted by Crippen LogP contribution is 2.31. The number of fused-ring (bicyclic) bond motifs is 1. The highest BCUT2D eigenvalue weighted by atomic mass is 16.5. The molecule has 0 atom stereocenters. The number of carbonyl (C=O) groups is 1. The minimum Gasteiger partial charge on any atom is -0.493 e.